The molecule has 0 aromatic carbocycles. The van der Waals surface area contributed by atoms with Gasteiger partial charge in [-0.1, -0.05) is 6.07 Å². The summed E-state index contributed by atoms with van der Waals surface area (Å²) in [6.07, 6.45) is 3.94. The molecule has 3 aromatic heterocycles. The summed E-state index contributed by atoms with van der Waals surface area (Å²) in [4.78, 5) is 14.8. The standard InChI is InChI=1S/C15H18N8/c16-12-7-14(21-15(17)20-12)22-6-4-18-10(9-22)11-8-19-13-3-1-2-5-23(11)13/h1-3,5,7-8,10,18H,4,6,9H2,(H4,16,17,20,21). The number of nitrogens with one attached hydrogen (secondary N) is 1. The molecule has 0 saturated carbocycles. The molecule has 0 bridgehead atoms. The van der Waals surface area contributed by atoms with E-state index in [1.54, 1.807) is 6.07 Å². The zero-order valence-electron chi connectivity index (χ0n) is 12.6. The van der Waals surface area contributed by atoms with E-state index >= 15 is 0 Å². The van der Waals surface area contributed by atoms with E-state index in [4.69, 9.17) is 11.5 Å². The van der Waals surface area contributed by atoms with Gasteiger partial charge >= 0.3 is 0 Å². The molecule has 1 aliphatic heterocycles. The number of nitrogens with two attached hydrogens (primary N) is 2. The molecule has 1 saturated heterocycles. The number of piperazine rings is 1. The summed E-state index contributed by atoms with van der Waals surface area (Å²) in [5, 5.41) is 3.53. The summed E-state index contributed by atoms with van der Waals surface area (Å²) in [5.74, 6) is 1.34. The summed E-state index contributed by atoms with van der Waals surface area (Å²) >= 11 is 0. The van der Waals surface area contributed by atoms with Gasteiger partial charge in [0.2, 0.25) is 5.95 Å². The number of fused-ring (bicyclic) bond motifs is 1. The van der Waals surface area contributed by atoms with E-state index in [-0.39, 0.29) is 12.0 Å². The number of aromatic nitrogens is 4. The molecule has 4 heterocycles. The van der Waals surface area contributed by atoms with Gasteiger partial charge in [0.15, 0.2) is 0 Å². The van der Waals surface area contributed by atoms with Gasteiger partial charge in [0.05, 0.1) is 17.9 Å². The Morgan fingerprint density at radius 1 is 1.22 bits per heavy atom. The summed E-state index contributed by atoms with van der Waals surface area (Å²) in [7, 11) is 0. The van der Waals surface area contributed by atoms with Crippen LogP contribution in [-0.2, 0) is 0 Å². The van der Waals surface area contributed by atoms with Crippen LogP contribution in [0.1, 0.15) is 11.7 Å². The van der Waals surface area contributed by atoms with Gasteiger partial charge in [-0.25, -0.2) is 4.98 Å². The normalized spacial score (nSPS) is 18.4. The quantitative estimate of drug-likeness (QED) is 0.630. The van der Waals surface area contributed by atoms with Crippen molar-refractivity contribution in [2.24, 2.45) is 0 Å². The van der Waals surface area contributed by atoms with Gasteiger partial charge in [0.1, 0.15) is 17.3 Å². The van der Waals surface area contributed by atoms with Crippen LogP contribution in [0, 0.1) is 0 Å². The Kier molecular flexibility index (Phi) is 3.23. The molecular weight excluding hydrogens is 292 g/mol. The van der Waals surface area contributed by atoms with Crippen molar-refractivity contribution in [1.82, 2.24) is 24.7 Å². The Morgan fingerprint density at radius 3 is 3.00 bits per heavy atom. The maximum Gasteiger partial charge on any atom is 0.223 e. The van der Waals surface area contributed by atoms with Crippen LogP contribution in [0.25, 0.3) is 5.65 Å². The molecular formula is C15H18N8. The third-order valence-corrected chi connectivity index (χ3v) is 4.05. The smallest absolute Gasteiger partial charge is 0.223 e. The van der Waals surface area contributed by atoms with Crippen molar-refractivity contribution < 1.29 is 0 Å². The van der Waals surface area contributed by atoms with Gasteiger partial charge in [0, 0.05) is 31.9 Å². The van der Waals surface area contributed by atoms with E-state index in [0.29, 0.717) is 5.82 Å². The number of nitrogens with zero attached hydrogens (tertiary/aromatic N) is 5. The fourth-order valence-corrected chi connectivity index (χ4v) is 3.00. The van der Waals surface area contributed by atoms with Crippen LogP contribution in [0.2, 0.25) is 0 Å². The molecule has 0 spiro atoms. The predicted octanol–water partition coefficient (Wildman–Crippen LogP) is 0.440. The van der Waals surface area contributed by atoms with Crippen molar-refractivity contribution in [2.45, 2.75) is 6.04 Å². The molecule has 1 fully saturated rings. The van der Waals surface area contributed by atoms with Gasteiger partial charge in [-0.3, -0.25) is 0 Å². The lowest BCUT2D eigenvalue weighted by atomic mass is 10.1. The van der Waals surface area contributed by atoms with E-state index in [2.05, 4.69) is 29.6 Å². The first-order valence-electron chi connectivity index (χ1n) is 7.51. The second-order valence-corrected chi connectivity index (χ2v) is 5.57. The molecule has 0 aliphatic carbocycles. The van der Waals surface area contributed by atoms with Crippen molar-refractivity contribution in [3.63, 3.8) is 0 Å². The number of imidazole rings is 1. The van der Waals surface area contributed by atoms with E-state index in [9.17, 15) is 0 Å². The molecule has 4 rings (SSSR count). The Morgan fingerprint density at radius 2 is 2.13 bits per heavy atom. The van der Waals surface area contributed by atoms with E-state index in [0.717, 1.165) is 36.8 Å². The Bertz CT molecular complexity index is 822. The highest BCUT2D eigenvalue weighted by molar-refractivity contribution is 5.51. The molecule has 23 heavy (non-hydrogen) atoms. The largest absolute Gasteiger partial charge is 0.383 e. The maximum absolute atomic E-state index is 5.78. The molecule has 0 radical (unpaired) electrons. The number of nitrogen functional groups attached to an aromatic ring is 2. The number of hydrogen-bond donors (Lipinski definition) is 3. The molecule has 1 atom stereocenters. The lowest BCUT2D eigenvalue weighted by Crippen LogP contribution is -2.46. The third kappa shape index (κ3) is 2.53. The van der Waals surface area contributed by atoms with E-state index in [1.807, 2.05) is 30.6 Å². The van der Waals surface area contributed by atoms with Crippen LogP contribution >= 0.6 is 0 Å². The minimum atomic E-state index is 0.151. The average molecular weight is 310 g/mol. The van der Waals surface area contributed by atoms with E-state index in [1.165, 1.54) is 0 Å². The summed E-state index contributed by atoms with van der Waals surface area (Å²) in [6, 6.07) is 7.89. The zero-order valence-corrected chi connectivity index (χ0v) is 12.6. The summed E-state index contributed by atoms with van der Waals surface area (Å²) < 4.78 is 2.10. The first kappa shape index (κ1) is 13.8. The van der Waals surface area contributed by atoms with E-state index < -0.39 is 0 Å². The van der Waals surface area contributed by atoms with Crippen LogP contribution in [0.3, 0.4) is 0 Å². The molecule has 8 nitrogen and oxygen atoms in total. The van der Waals surface area contributed by atoms with Gasteiger partial charge < -0.3 is 26.1 Å². The summed E-state index contributed by atoms with van der Waals surface area (Å²) in [6.45, 7) is 2.44. The highest BCUT2D eigenvalue weighted by Crippen LogP contribution is 2.23. The van der Waals surface area contributed by atoms with Crippen molar-refractivity contribution >= 4 is 23.2 Å². The van der Waals surface area contributed by atoms with Gasteiger partial charge in [-0.05, 0) is 12.1 Å². The minimum Gasteiger partial charge on any atom is -0.383 e. The SMILES string of the molecule is Nc1cc(N2CCNC(c3cnc4ccccn34)C2)nc(N)n1. The Balaban J connectivity index is 1.64. The van der Waals surface area contributed by atoms with Gasteiger partial charge in [-0.15, -0.1) is 0 Å². The van der Waals surface area contributed by atoms with Gasteiger partial charge in [0.25, 0.3) is 0 Å². The summed E-state index contributed by atoms with van der Waals surface area (Å²) in [5.41, 5.74) is 13.6. The molecule has 118 valence electrons. The number of pyridine rings is 1. The monoisotopic (exact) mass is 310 g/mol. The number of anilines is 3. The van der Waals surface area contributed by atoms with Crippen LogP contribution in [0.5, 0.6) is 0 Å². The minimum absolute atomic E-state index is 0.151. The Labute approximate surface area is 133 Å². The first-order chi connectivity index (χ1) is 11.2. The highest BCUT2D eigenvalue weighted by Gasteiger charge is 2.24. The zero-order chi connectivity index (χ0) is 15.8. The third-order valence-electron chi connectivity index (χ3n) is 4.05. The predicted molar refractivity (Wildman–Crippen MR) is 89.0 cm³/mol. The average Bonchev–Trinajstić information content (AvgIpc) is 2.98. The molecule has 0 amide bonds. The molecule has 3 aromatic rings. The molecule has 1 aliphatic rings. The number of rotatable bonds is 2. The van der Waals surface area contributed by atoms with Gasteiger partial charge in [-0.2, -0.15) is 9.97 Å². The van der Waals surface area contributed by atoms with Crippen LogP contribution in [0.4, 0.5) is 17.6 Å². The van der Waals surface area contributed by atoms with Crippen molar-refractivity contribution in [3.05, 3.63) is 42.4 Å². The van der Waals surface area contributed by atoms with Crippen LogP contribution in [-0.4, -0.2) is 39.0 Å². The lowest BCUT2D eigenvalue weighted by Gasteiger charge is -2.34. The molecule has 5 N–H and O–H groups in total. The topological polar surface area (TPSA) is 110 Å². The lowest BCUT2D eigenvalue weighted by molar-refractivity contribution is 0.459. The second-order valence-electron chi connectivity index (χ2n) is 5.57. The highest BCUT2D eigenvalue weighted by atomic mass is 15.3. The maximum atomic E-state index is 5.78. The fraction of sp³-hybridized carbons (Fsp3) is 0.267. The van der Waals surface area contributed by atoms with Crippen LogP contribution in [0.15, 0.2) is 36.7 Å². The second kappa shape index (κ2) is 5.40. The Hall–Kier alpha value is -2.87. The van der Waals surface area contributed by atoms with Crippen LogP contribution < -0.4 is 21.7 Å². The first-order valence-corrected chi connectivity index (χ1v) is 7.51. The van der Waals surface area contributed by atoms with Crippen molar-refractivity contribution in [1.29, 1.82) is 0 Å². The molecule has 8 heteroatoms. The fourth-order valence-electron chi connectivity index (χ4n) is 3.00. The van der Waals surface area contributed by atoms with Crippen molar-refractivity contribution in [2.75, 3.05) is 36.0 Å². The van der Waals surface area contributed by atoms with Crippen molar-refractivity contribution in [3.8, 4) is 0 Å². The molecule has 1 unspecified atom stereocenters. The number of hydrogen-bond acceptors (Lipinski definition) is 7.